The number of fused-ring (bicyclic) bond motifs is 1. The van der Waals surface area contributed by atoms with E-state index in [1.165, 1.54) is 10.8 Å². The van der Waals surface area contributed by atoms with E-state index in [4.69, 9.17) is 0 Å². The second-order valence-electron chi connectivity index (χ2n) is 4.98. The molecule has 0 unspecified atom stereocenters. The van der Waals surface area contributed by atoms with Crippen molar-refractivity contribution in [2.24, 2.45) is 0 Å². The van der Waals surface area contributed by atoms with Crippen LogP contribution >= 0.6 is 0 Å². The van der Waals surface area contributed by atoms with E-state index < -0.39 is 0 Å². The van der Waals surface area contributed by atoms with Crippen LogP contribution in [-0.4, -0.2) is 37.0 Å². The molecule has 0 bridgehead atoms. The van der Waals surface area contributed by atoms with Gasteiger partial charge in [-0.15, -0.1) is 0 Å². The van der Waals surface area contributed by atoms with E-state index in [1.807, 2.05) is 35.2 Å². The molecule has 1 fully saturated rings. The molecule has 0 spiro atoms. The van der Waals surface area contributed by atoms with Gasteiger partial charge in [-0.25, -0.2) is 0 Å². The zero-order valence-electron chi connectivity index (χ0n) is 11.4. The summed E-state index contributed by atoms with van der Waals surface area (Å²) in [7, 11) is 0. The zero-order chi connectivity index (χ0) is 13.8. The molecule has 2 aromatic carbocycles. The number of nitrogens with one attached hydrogen (secondary N) is 1. The Balaban J connectivity index is 1.81. The first kappa shape index (κ1) is 12.9. The van der Waals surface area contributed by atoms with Crippen LogP contribution in [0.3, 0.4) is 0 Å². The molecule has 3 heteroatoms. The third kappa shape index (κ3) is 2.73. The highest BCUT2D eigenvalue weighted by Crippen LogP contribution is 2.19. The number of hydrogen-bond donors (Lipinski definition) is 1. The number of carbonyl (C=O) groups excluding carboxylic acids is 1. The largest absolute Gasteiger partial charge is 0.337 e. The lowest BCUT2D eigenvalue weighted by Crippen LogP contribution is -2.45. The molecule has 1 heterocycles. The number of benzene rings is 2. The van der Waals surface area contributed by atoms with Crippen molar-refractivity contribution in [2.45, 2.75) is 0 Å². The Labute approximate surface area is 118 Å². The van der Waals surface area contributed by atoms with E-state index in [2.05, 4.69) is 23.5 Å². The predicted molar refractivity (Wildman–Crippen MR) is 82.4 cm³/mol. The molecule has 20 heavy (non-hydrogen) atoms. The highest BCUT2D eigenvalue weighted by molar-refractivity contribution is 5.96. The first-order valence-corrected chi connectivity index (χ1v) is 7.00. The van der Waals surface area contributed by atoms with Crippen LogP contribution < -0.4 is 5.32 Å². The molecule has 0 aliphatic carbocycles. The van der Waals surface area contributed by atoms with Gasteiger partial charge >= 0.3 is 0 Å². The monoisotopic (exact) mass is 266 g/mol. The summed E-state index contributed by atoms with van der Waals surface area (Å²) in [6, 6.07) is 14.4. The van der Waals surface area contributed by atoms with Crippen molar-refractivity contribution in [3.8, 4) is 0 Å². The van der Waals surface area contributed by atoms with Gasteiger partial charge < -0.3 is 10.2 Å². The van der Waals surface area contributed by atoms with Crippen LogP contribution in [0.5, 0.6) is 0 Å². The van der Waals surface area contributed by atoms with Crippen molar-refractivity contribution in [2.75, 3.05) is 26.2 Å². The fourth-order valence-corrected chi connectivity index (χ4v) is 2.55. The predicted octanol–water partition coefficient (Wildman–Crippen LogP) is 2.28. The first-order valence-electron chi connectivity index (χ1n) is 7.00. The van der Waals surface area contributed by atoms with E-state index in [0.29, 0.717) is 0 Å². The maximum Gasteiger partial charge on any atom is 0.246 e. The van der Waals surface area contributed by atoms with Gasteiger partial charge in [-0.05, 0) is 22.4 Å². The molecule has 3 rings (SSSR count). The minimum Gasteiger partial charge on any atom is -0.337 e. The summed E-state index contributed by atoms with van der Waals surface area (Å²) >= 11 is 0. The number of hydrogen-bond acceptors (Lipinski definition) is 2. The van der Waals surface area contributed by atoms with Crippen LogP contribution in [0.25, 0.3) is 16.8 Å². The Morgan fingerprint density at radius 3 is 2.65 bits per heavy atom. The minimum atomic E-state index is 0.0967. The van der Waals surface area contributed by atoms with E-state index in [9.17, 15) is 4.79 Å². The lowest BCUT2D eigenvalue weighted by Gasteiger charge is -2.26. The van der Waals surface area contributed by atoms with Gasteiger partial charge in [-0.1, -0.05) is 42.5 Å². The van der Waals surface area contributed by atoms with Crippen LogP contribution in [0, 0.1) is 0 Å². The summed E-state index contributed by atoms with van der Waals surface area (Å²) < 4.78 is 0. The molecule has 1 amide bonds. The van der Waals surface area contributed by atoms with Crippen molar-refractivity contribution < 1.29 is 4.79 Å². The topological polar surface area (TPSA) is 32.3 Å². The summed E-state index contributed by atoms with van der Waals surface area (Å²) in [5.74, 6) is 0.0967. The SMILES string of the molecule is O=C(/C=C/c1cccc2ccccc12)N1CCNCC1. The molecule has 0 saturated carbocycles. The van der Waals surface area contributed by atoms with Crippen LogP contribution in [0.2, 0.25) is 0 Å². The lowest BCUT2D eigenvalue weighted by molar-refractivity contribution is -0.126. The lowest BCUT2D eigenvalue weighted by atomic mass is 10.0. The smallest absolute Gasteiger partial charge is 0.246 e. The van der Waals surface area contributed by atoms with Gasteiger partial charge in [0.1, 0.15) is 0 Å². The van der Waals surface area contributed by atoms with Gasteiger partial charge in [-0.2, -0.15) is 0 Å². The van der Waals surface area contributed by atoms with E-state index >= 15 is 0 Å². The highest BCUT2D eigenvalue weighted by atomic mass is 16.2. The van der Waals surface area contributed by atoms with Crippen LogP contribution in [0.1, 0.15) is 5.56 Å². The molecular weight excluding hydrogens is 248 g/mol. The van der Waals surface area contributed by atoms with Crippen molar-refractivity contribution >= 4 is 22.8 Å². The summed E-state index contributed by atoms with van der Waals surface area (Å²) in [6.07, 6.45) is 3.61. The summed E-state index contributed by atoms with van der Waals surface area (Å²) in [5, 5.41) is 5.63. The summed E-state index contributed by atoms with van der Waals surface area (Å²) in [4.78, 5) is 14.0. The van der Waals surface area contributed by atoms with Gasteiger partial charge in [0.05, 0.1) is 0 Å². The van der Waals surface area contributed by atoms with Crippen LogP contribution in [0.15, 0.2) is 48.5 Å². The molecule has 0 radical (unpaired) electrons. The Morgan fingerprint density at radius 1 is 1.05 bits per heavy atom. The molecular formula is C17H18N2O. The number of nitrogens with zero attached hydrogens (tertiary/aromatic N) is 1. The zero-order valence-corrected chi connectivity index (χ0v) is 11.4. The average Bonchev–Trinajstić information content (AvgIpc) is 2.53. The Morgan fingerprint density at radius 2 is 1.80 bits per heavy atom. The molecule has 0 aromatic heterocycles. The third-order valence-corrected chi connectivity index (χ3v) is 3.66. The van der Waals surface area contributed by atoms with Crippen LogP contribution in [-0.2, 0) is 4.79 Å². The molecule has 3 nitrogen and oxygen atoms in total. The average molecular weight is 266 g/mol. The van der Waals surface area contributed by atoms with Gasteiger partial charge in [0.25, 0.3) is 0 Å². The summed E-state index contributed by atoms with van der Waals surface area (Å²) in [5.41, 5.74) is 1.09. The van der Waals surface area contributed by atoms with Crippen molar-refractivity contribution in [1.82, 2.24) is 10.2 Å². The standard InChI is InChI=1S/C17H18N2O/c20-17(19-12-10-18-11-13-19)9-8-15-6-3-5-14-4-1-2-7-16(14)15/h1-9,18H,10-13H2/b9-8+. The maximum absolute atomic E-state index is 12.1. The first-order chi connectivity index (χ1) is 9.84. The Hall–Kier alpha value is -2.13. The fraction of sp³-hybridized carbons (Fsp3) is 0.235. The fourth-order valence-electron chi connectivity index (χ4n) is 2.55. The normalized spacial score (nSPS) is 15.9. The van der Waals surface area contributed by atoms with Gasteiger partial charge in [0.2, 0.25) is 5.91 Å². The molecule has 1 aliphatic rings. The quantitative estimate of drug-likeness (QED) is 0.846. The van der Waals surface area contributed by atoms with E-state index in [-0.39, 0.29) is 5.91 Å². The molecule has 1 saturated heterocycles. The molecule has 2 aromatic rings. The highest BCUT2D eigenvalue weighted by Gasteiger charge is 2.13. The van der Waals surface area contributed by atoms with Gasteiger partial charge in [-0.3, -0.25) is 4.79 Å². The number of rotatable bonds is 2. The van der Waals surface area contributed by atoms with Crippen LogP contribution in [0.4, 0.5) is 0 Å². The Bertz CT molecular complexity index is 637. The number of piperazine rings is 1. The maximum atomic E-state index is 12.1. The van der Waals surface area contributed by atoms with Crippen molar-refractivity contribution in [3.63, 3.8) is 0 Å². The van der Waals surface area contributed by atoms with E-state index in [0.717, 1.165) is 31.7 Å². The molecule has 1 N–H and O–H groups in total. The Kier molecular flexibility index (Phi) is 3.79. The van der Waals surface area contributed by atoms with Crippen molar-refractivity contribution in [3.05, 3.63) is 54.1 Å². The molecule has 0 atom stereocenters. The van der Waals surface area contributed by atoms with E-state index in [1.54, 1.807) is 6.08 Å². The van der Waals surface area contributed by atoms with Gasteiger partial charge in [0.15, 0.2) is 0 Å². The minimum absolute atomic E-state index is 0.0967. The number of amides is 1. The second-order valence-corrected chi connectivity index (χ2v) is 4.98. The van der Waals surface area contributed by atoms with Crippen molar-refractivity contribution in [1.29, 1.82) is 0 Å². The summed E-state index contributed by atoms with van der Waals surface area (Å²) in [6.45, 7) is 3.35. The molecule has 1 aliphatic heterocycles. The second kappa shape index (κ2) is 5.88. The number of carbonyl (C=O) groups is 1. The third-order valence-electron chi connectivity index (χ3n) is 3.66. The van der Waals surface area contributed by atoms with Gasteiger partial charge in [0, 0.05) is 32.3 Å². The molecule has 102 valence electrons.